The monoisotopic (exact) mass is 365 g/mol. The van der Waals surface area contributed by atoms with E-state index in [0.717, 1.165) is 12.5 Å². The number of carbonyl (C=O) groups excluding carboxylic acids is 2. The summed E-state index contributed by atoms with van der Waals surface area (Å²) in [6.45, 7) is 4.14. The average Bonchev–Trinajstić information content (AvgIpc) is 2.71. The molecule has 2 rings (SSSR count). The van der Waals surface area contributed by atoms with Crippen LogP contribution in [0.5, 0.6) is 11.5 Å². The number of unbranched alkanes of at least 4 members (excludes halogenated alkanes) is 1. The van der Waals surface area contributed by atoms with Crippen LogP contribution in [0, 0.1) is 11.3 Å². The van der Waals surface area contributed by atoms with E-state index in [0.29, 0.717) is 42.3 Å². The Morgan fingerprint density at radius 3 is 2.22 bits per heavy atom. The first-order valence-electron chi connectivity index (χ1n) is 8.37. The summed E-state index contributed by atoms with van der Waals surface area (Å²) in [7, 11) is 0. The van der Waals surface area contributed by atoms with Crippen LogP contribution in [-0.4, -0.2) is 25.2 Å². The fourth-order valence-electron chi connectivity index (χ4n) is 2.08. The second-order valence-electron chi connectivity index (χ2n) is 5.48. The average molecular weight is 365 g/mol. The van der Waals surface area contributed by atoms with Gasteiger partial charge in [0.15, 0.2) is 0 Å². The van der Waals surface area contributed by atoms with Crippen molar-refractivity contribution in [3.05, 3.63) is 72.3 Å². The number of nitriles is 1. The van der Waals surface area contributed by atoms with E-state index in [1.807, 2.05) is 6.07 Å². The lowest BCUT2D eigenvalue weighted by Gasteiger charge is -2.08. The predicted octanol–water partition coefficient (Wildman–Crippen LogP) is 3.67. The second-order valence-corrected chi connectivity index (χ2v) is 5.48. The lowest BCUT2D eigenvalue weighted by Crippen LogP contribution is -2.08. The van der Waals surface area contributed by atoms with Gasteiger partial charge >= 0.3 is 11.9 Å². The van der Waals surface area contributed by atoms with Crippen molar-refractivity contribution in [2.24, 2.45) is 0 Å². The van der Waals surface area contributed by atoms with Crippen LogP contribution in [0.3, 0.4) is 0 Å². The number of hydrogen-bond acceptors (Lipinski definition) is 6. The summed E-state index contributed by atoms with van der Waals surface area (Å²) in [4.78, 5) is 22.9. The van der Waals surface area contributed by atoms with Crippen LogP contribution >= 0.6 is 0 Å². The molecule has 0 saturated carbocycles. The Hall–Kier alpha value is -3.59. The van der Waals surface area contributed by atoms with Crippen LogP contribution in [0.4, 0.5) is 0 Å². The third-order valence-electron chi connectivity index (χ3n) is 3.50. The molecule has 0 aliphatic rings. The molecule has 0 amide bonds. The Labute approximate surface area is 157 Å². The van der Waals surface area contributed by atoms with Gasteiger partial charge in [0.2, 0.25) is 0 Å². The van der Waals surface area contributed by atoms with E-state index in [-0.39, 0.29) is 0 Å². The zero-order valence-electron chi connectivity index (χ0n) is 14.7. The van der Waals surface area contributed by atoms with Crippen molar-refractivity contribution < 1.29 is 23.8 Å². The van der Waals surface area contributed by atoms with Gasteiger partial charge in [0, 0.05) is 6.08 Å². The van der Waals surface area contributed by atoms with Crippen molar-refractivity contribution in [3.63, 3.8) is 0 Å². The van der Waals surface area contributed by atoms with Crippen LogP contribution in [-0.2, 0) is 9.53 Å². The van der Waals surface area contributed by atoms with Crippen LogP contribution in [0.2, 0.25) is 0 Å². The standard InChI is InChI=1S/C21H19NO5/c1-2-20(23)26-14-4-3-13-25-18-9-11-19(12-10-18)27-21(24)17-7-5-16(15-22)6-8-17/h2,5-12H,1,3-4,13-14H2. The lowest BCUT2D eigenvalue weighted by atomic mass is 10.1. The highest BCUT2D eigenvalue weighted by Crippen LogP contribution is 2.19. The Balaban J connectivity index is 1.74. The number of esters is 2. The van der Waals surface area contributed by atoms with Crippen LogP contribution in [0.25, 0.3) is 0 Å². The first kappa shape index (κ1) is 19.7. The van der Waals surface area contributed by atoms with E-state index in [4.69, 9.17) is 19.5 Å². The molecule has 0 bridgehead atoms. The summed E-state index contributed by atoms with van der Waals surface area (Å²) in [6, 6.07) is 14.9. The van der Waals surface area contributed by atoms with Gasteiger partial charge in [-0.25, -0.2) is 9.59 Å². The molecule has 0 atom stereocenters. The van der Waals surface area contributed by atoms with Gasteiger partial charge in [0.05, 0.1) is 30.4 Å². The summed E-state index contributed by atoms with van der Waals surface area (Å²) in [5.74, 6) is 0.119. The zero-order valence-corrected chi connectivity index (χ0v) is 14.7. The van der Waals surface area contributed by atoms with Crippen molar-refractivity contribution >= 4 is 11.9 Å². The topological polar surface area (TPSA) is 85.6 Å². The molecule has 0 heterocycles. The van der Waals surface area contributed by atoms with Crippen LogP contribution < -0.4 is 9.47 Å². The molecule has 0 aromatic heterocycles. The predicted molar refractivity (Wildman–Crippen MR) is 98.4 cm³/mol. The Morgan fingerprint density at radius 2 is 1.59 bits per heavy atom. The summed E-state index contributed by atoms with van der Waals surface area (Å²) in [6.07, 6.45) is 2.56. The van der Waals surface area contributed by atoms with Crippen molar-refractivity contribution in [1.82, 2.24) is 0 Å². The van der Waals surface area contributed by atoms with Gasteiger partial charge in [-0.1, -0.05) is 6.58 Å². The van der Waals surface area contributed by atoms with Crippen molar-refractivity contribution in [3.8, 4) is 17.6 Å². The van der Waals surface area contributed by atoms with Gasteiger partial charge in [0.25, 0.3) is 0 Å². The van der Waals surface area contributed by atoms with Gasteiger partial charge in [-0.2, -0.15) is 5.26 Å². The molecule has 6 heteroatoms. The molecule has 27 heavy (non-hydrogen) atoms. The number of carbonyl (C=O) groups is 2. The summed E-state index contributed by atoms with van der Waals surface area (Å²) >= 11 is 0. The maximum atomic E-state index is 12.1. The molecule has 0 spiro atoms. The zero-order chi connectivity index (χ0) is 19.5. The highest BCUT2D eigenvalue weighted by molar-refractivity contribution is 5.91. The van der Waals surface area contributed by atoms with Gasteiger partial charge < -0.3 is 14.2 Å². The minimum Gasteiger partial charge on any atom is -0.494 e. The van der Waals surface area contributed by atoms with Crippen molar-refractivity contribution in [2.75, 3.05) is 13.2 Å². The second kappa shape index (κ2) is 10.4. The van der Waals surface area contributed by atoms with E-state index < -0.39 is 11.9 Å². The van der Waals surface area contributed by atoms with E-state index in [1.165, 1.54) is 0 Å². The summed E-state index contributed by atoms with van der Waals surface area (Å²) < 4.78 is 15.7. The fraction of sp³-hybridized carbons (Fsp3) is 0.190. The summed E-state index contributed by atoms with van der Waals surface area (Å²) in [5, 5.41) is 8.76. The van der Waals surface area contributed by atoms with Crippen molar-refractivity contribution in [1.29, 1.82) is 5.26 Å². The van der Waals surface area contributed by atoms with E-state index in [2.05, 4.69) is 6.58 Å². The van der Waals surface area contributed by atoms with E-state index >= 15 is 0 Å². The molecular weight excluding hydrogens is 346 g/mol. The van der Waals surface area contributed by atoms with Gasteiger partial charge in [-0.3, -0.25) is 0 Å². The Kier molecular flexibility index (Phi) is 7.61. The third-order valence-corrected chi connectivity index (χ3v) is 3.50. The quantitative estimate of drug-likeness (QED) is 0.292. The molecule has 0 radical (unpaired) electrons. The van der Waals surface area contributed by atoms with Gasteiger partial charge in [-0.05, 0) is 61.4 Å². The minimum atomic E-state index is -0.498. The molecule has 6 nitrogen and oxygen atoms in total. The minimum absolute atomic E-state index is 0.332. The van der Waals surface area contributed by atoms with Crippen LogP contribution in [0.1, 0.15) is 28.8 Å². The highest BCUT2D eigenvalue weighted by atomic mass is 16.5. The Morgan fingerprint density at radius 1 is 0.963 bits per heavy atom. The van der Waals surface area contributed by atoms with Gasteiger partial charge in [-0.15, -0.1) is 0 Å². The first-order valence-corrected chi connectivity index (χ1v) is 8.37. The third kappa shape index (κ3) is 6.67. The number of nitrogens with zero attached hydrogens (tertiary/aromatic N) is 1. The smallest absolute Gasteiger partial charge is 0.343 e. The number of benzene rings is 2. The number of ether oxygens (including phenoxy) is 3. The fourth-order valence-corrected chi connectivity index (χ4v) is 2.08. The molecule has 138 valence electrons. The first-order chi connectivity index (χ1) is 13.1. The summed E-state index contributed by atoms with van der Waals surface area (Å²) in [5.41, 5.74) is 0.846. The largest absolute Gasteiger partial charge is 0.494 e. The molecule has 0 aliphatic heterocycles. The molecule has 0 aliphatic carbocycles. The molecule has 2 aromatic carbocycles. The molecular formula is C21H19NO5. The molecule has 2 aromatic rings. The maximum Gasteiger partial charge on any atom is 0.343 e. The molecule has 0 saturated heterocycles. The van der Waals surface area contributed by atoms with Gasteiger partial charge in [0.1, 0.15) is 11.5 Å². The van der Waals surface area contributed by atoms with E-state index in [1.54, 1.807) is 48.5 Å². The molecule has 0 fully saturated rings. The number of rotatable bonds is 9. The number of hydrogen-bond donors (Lipinski definition) is 0. The molecule has 0 unspecified atom stereocenters. The SMILES string of the molecule is C=CC(=O)OCCCCOc1ccc(OC(=O)c2ccc(C#N)cc2)cc1. The highest BCUT2D eigenvalue weighted by Gasteiger charge is 2.08. The van der Waals surface area contributed by atoms with Crippen molar-refractivity contribution in [2.45, 2.75) is 12.8 Å². The van der Waals surface area contributed by atoms with E-state index in [9.17, 15) is 9.59 Å². The normalized spacial score (nSPS) is 9.74. The maximum absolute atomic E-state index is 12.1. The van der Waals surface area contributed by atoms with Crippen LogP contribution in [0.15, 0.2) is 61.2 Å². The molecule has 0 N–H and O–H groups in total. The lowest BCUT2D eigenvalue weighted by molar-refractivity contribution is -0.137. The Bertz CT molecular complexity index is 819.